The highest BCUT2D eigenvalue weighted by molar-refractivity contribution is 5.50. The SMILES string of the molecule is NCc1cnccc1NC1CCOCC1. The van der Waals surface area contributed by atoms with E-state index in [9.17, 15) is 0 Å². The van der Waals surface area contributed by atoms with E-state index in [-0.39, 0.29) is 0 Å². The Morgan fingerprint density at radius 3 is 3.00 bits per heavy atom. The van der Waals surface area contributed by atoms with Crippen molar-refractivity contribution < 1.29 is 4.74 Å². The molecule has 1 saturated heterocycles. The summed E-state index contributed by atoms with van der Waals surface area (Å²) in [4.78, 5) is 4.06. The van der Waals surface area contributed by atoms with Crippen LogP contribution in [-0.4, -0.2) is 24.2 Å². The van der Waals surface area contributed by atoms with Crippen molar-refractivity contribution in [3.63, 3.8) is 0 Å². The predicted molar refractivity (Wildman–Crippen MR) is 59.6 cm³/mol. The van der Waals surface area contributed by atoms with Crippen molar-refractivity contribution >= 4 is 5.69 Å². The van der Waals surface area contributed by atoms with Gasteiger partial charge in [0.05, 0.1) is 0 Å². The smallest absolute Gasteiger partial charge is 0.0485 e. The minimum Gasteiger partial charge on any atom is -0.382 e. The van der Waals surface area contributed by atoms with E-state index in [1.54, 1.807) is 6.20 Å². The highest BCUT2D eigenvalue weighted by Crippen LogP contribution is 2.18. The first kappa shape index (κ1) is 10.4. The summed E-state index contributed by atoms with van der Waals surface area (Å²) in [5.74, 6) is 0. The van der Waals surface area contributed by atoms with Gasteiger partial charge < -0.3 is 15.8 Å². The van der Waals surface area contributed by atoms with Crippen LogP contribution in [0.15, 0.2) is 18.5 Å². The monoisotopic (exact) mass is 207 g/mol. The van der Waals surface area contributed by atoms with E-state index >= 15 is 0 Å². The summed E-state index contributed by atoms with van der Waals surface area (Å²) in [6.07, 6.45) is 5.74. The maximum absolute atomic E-state index is 5.65. The molecule has 4 nitrogen and oxygen atoms in total. The molecule has 0 saturated carbocycles. The minimum atomic E-state index is 0.506. The third kappa shape index (κ3) is 2.67. The predicted octanol–water partition coefficient (Wildman–Crippen LogP) is 1.13. The van der Waals surface area contributed by atoms with Crippen molar-refractivity contribution in [1.29, 1.82) is 0 Å². The van der Waals surface area contributed by atoms with Gasteiger partial charge in [0, 0.05) is 49.4 Å². The second-order valence-electron chi connectivity index (χ2n) is 3.77. The zero-order valence-electron chi connectivity index (χ0n) is 8.78. The lowest BCUT2D eigenvalue weighted by Crippen LogP contribution is -2.28. The van der Waals surface area contributed by atoms with Crippen molar-refractivity contribution in [2.24, 2.45) is 5.73 Å². The Morgan fingerprint density at radius 1 is 1.47 bits per heavy atom. The highest BCUT2D eigenvalue weighted by Gasteiger charge is 2.14. The maximum atomic E-state index is 5.65. The Labute approximate surface area is 89.8 Å². The summed E-state index contributed by atoms with van der Waals surface area (Å²) < 4.78 is 5.32. The number of hydrogen-bond acceptors (Lipinski definition) is 4. The summed E-state index contributed by atoms with van der Waals surface area (Å²) in [5, 5.41) is 3.50. The first-order valence-corrected chi connectivity index (χ1v) is 5.37. The first-order chi connectivity index (χ1) is 7.40. The second-order valence-corrected chi connectivity index (χ2v) is 3.77. The lowest BCUT2D eigenvalue weighted by molar-refractivity contribution is 0.0904. The third-order valence-corrected chi connectivity index (χ3v) is 2.70. The zero-order chi connectivity index (χ0) is 10.5. The number of nitrogens with two attached hydrogens (primary N) is 1. The molecule has 1 aromatic rings. The molecule has 2 rings (SSSR count). The molecule has 4 heteroatoms. The number of pyridine rings is 1. The van der Waals surface area contributed by atoms with E-state index in [1.807, 2.05) is 12.3 Å². The van der Waals surface area contributed by atoms with Gasteiger partial charge in [0.15, 0.2) is 0 Å². The Bertz CT molecular complexity index is 310. The summed E-state index contributed by atoms with van der Waals surface area (Å²) in [5.41, 5.74) is 7.83. The fourth-order valence-corrected chi connectivity index (χ4v) is 1.79. The van der Waals surface area contributed by atoms with E-state index in [4.69, 9.17) is 10.5 Å². The van der Waals surface area contributed by atoms with E-state index < -0.39 is 0 Å². The largest absolute Gasteiger partial charge is 0.382 e. The van der Waals surface area contributed by atoms with Crippen molar-refractivity contribution in [3.05, 3.63) is 24.0 Å². The van der Waals surface area contributed by atoms with Gasteiger partial charge in [0.25, 0.3) is 0 Å². The standard InChI is InChI=1S/C11H17N3O/c12-7-9-8-13-4-1-11(9)14-10-2-5-15-6-3-10/h1,4,8,10H,2-3,5-7,12H2,(H,13,14). The van der Waals surface area contributed by atoms with Crippen LogP contribution < -0.4 is 11.1 Å². The molecular weight excluding hydrogens is 190 g/mol. The van der Waals surface area contributed by atoms with E-state index in [1.165, 1.54) is 0 Å². The van der Waals surface area contributed by atoms with Gasteiger partial charge in [-0.25, -0.2) is 0 Å². The highest BCUT2D eigenvalue weighted by atomic mass is 16.5. The number of aromatic nitrogens is 1. The molecule has 1 fully saturated rings. The molecule has 3 N–H and O–H groups in total. The molecule has 15 heavy (non-hydrogen) atoms. The van der Waals surface area contributed by atoms with Gasteiger partial charge in [0.1, 0.15) is 0 Å². The number of rotatable bonds is 3. The normalized spacial score (nSPS) is 17.7. The number of ether oxygens (including phenoxy) is 1. The van der Waals surface area contributed by atoms with E-state index in [0.717, 1.165) is 37.3 Å². The number of hydrogen-bond donors (Lipinski definition) is 2. The lowest BCUT2D eigenvalue weighted by Gasteiger charge is -2.25. The molecule has 0 bridgehead atoms. The van der Waals surface area contributed by atoms with Crippen LogP contribution in [0.4, 0.5) is 5.69 Å². The Balaban J connectivity index is 2.02. The average Bonchev–Trinajstić information content (AvgIpc) is 2.31. The van der Waals surface area contributed by atoms with Crippen LogP contribution in [0, 0.1) is 0 Å². The fraction of sp³-hybridized carbons (Fsp3) is 0.545. The number of nitrogens with one attached hydrogen (secondary N) is 1. The summed E-state index contributed by atoms with van der Waals surface area (Å²) in [7, 11) is 0. The zero-order valence-corrected chi connectivity index (χ0v) is 8.78. The van der Waals surface area contributed by atoms with Crippen LogP contribution in [0.2, 0.25) is 0 Å². The molecule has 0 aromatic carbocycles. The molecule has 0 spiro atoms. The molecule has 82 valence electrons. The van der Waals surface area contributed by atoms with Crippen LogP contribution in [0.5, 0.6) is 0 Å². The molecular formula is C11H17N3O. The second kappa shape index (κ2) is 5.09. The molecule has 1 aliphatic rings. The van der Waals surface area contributed by atoms with Gasteiger partial charge in [-0.2, -0.15) is 0 Å². The Morgan fingerprint density at radius 2 is 2.27 bits per heavy atom. The van der Waals surface area contributed by atoms with Gasteiger partial charge in [-0.3, -0.25) is 4.98 Å². The lowest BCUT2D eigenvalue weighted by atomic mass is 10.1. The van der Waals surface area contributed by atoms with E-state index in [2.05, 4.69) is 10.3 Å². The van der Waals surface area contributed by atoms with Crippen molar-refractivity contribution in [1.82, 2.24) is 4.98 Å². The molecule has 1 aromatic heterocycles. The van der Waals surface area contributed by atoms with Gasteiger partial charge in [-0.05, 0) is 18.9 Å². The van der Waals surface area contributed by atoms with Crippen molar-refractivity contribution in [3.8, 4) is 0 Å². The van der Waals surface area contributed by atoms with Gasteiger partial charge >= 0.3 is 0 Å². The van der Waals surface area contributed by atoms with Crippen LogP contribution in [0.3, 0.4) is 0 Å². The van der Waals surface area contributed by atoms with Gasteiger partial charge in [-0.1, -0.05) is 0 Å². The molecule has 0 aliphatic carbocycles. The van der Waals surface area contributed by atoms with Gasteiger partial charge in [-0.15, -0.1) is 0 Å². The summed E-state index contributed by atoms with van der Waals surface area (Å²) >= 11 is 0. The van der Waals surface area contributed by atoms with Crippen molar-refractivity contribution in [2.45, 2.75) is 25.4 Å². The van der Waals surface area contributed by atoms with E-state index in [0.29, 0.717) is 12.6 Å². The van der Waals surface area contributed by atoms with Crippen LogP contribution in [0.1, 0.15) is 18.4 Å². The number of nitrogens with zero attached hydrogens (tertiary/aromatic N) is 1. The summed E-state index contributed by atoms with van der Waals surface area (Å²) in [6, 6.07) is 2.49. The number of anilines is 1. The Kier molecular flexibility index (Phi) is 3.53. The van der Waals surface area contributed by atoms with Gasteiger partial charge in [0.2, 0.25) is 0 Å². The van der Waals surface area contributed by atoms with Crippen LogP contribution >= 0.6 is 0 Å². The molecule has 0 amide bonds. The minimum absolute atomic E-state index is 0.506. The topological polar surface area (TPSA) is 60.2 Å². The quantitative estimate of drug-likeness (QED) is 0.780. The molecule has 0 unspecified atom stereocenters. The molecule has 0 radical (unpaired) electrons. The van der Waals surface area contributed by atoms with Crippen LogP contribution in [-0.2, 0) is 11.3 Å². The van der Waals surface area contributed by atoms with Crippen molar-refractivity contribution in [2.75, 3.05) is 18.5 Å². The molecule has 2 heterocycles. The third-order valence-electron chi connectivity index (χ3n) is 2.70. The maximum Gasteiger partial charge on any atom is 0.0485 e. The molecule has 1 aliphatic heterocycles. The first-order valence-electron chi connectivity index (χ1n) is 5.37. The van der Waals surface area contributed by atoms with Crippen LogP contribution in [0.25, 0.3) is 0 Å². The summed E-state index contributed by atoms with van der Waals surface area (Å²) in [6.45, 7) is 2.22. The molecule has 0 atom stereocenters. The fourth-order valence-electron chi connectivity index (χ4n) is 1.79. The average molecular weight is 207 g/mol. The Hall–Kier alpha value is -1.13.